The van der Waals surface area contributed by atoms with Crippen molar-refractivity contribution < 1.29 is 19.5 Å². The molecular formula is C29H37N5O5. The van der Waals surface area contributed by atoms with E-state index in [2.05, 4.69) is 20.4 Å². The summed E-state index contributed by atoms with van der Waals surface area (Å²) in [7, 11) is 1.42. The summed E-state index contributed by atoms with van der Waals surface area (Å²) < 4.78 is 1.85. The van der Waals surface area contributed by atoms with Crippen molar-refractivity contribution in [2.45, 2.75) is 88.4 Å². The lowest BCUT2D eigenvalue weighted by atomic mass is 9.69. The summed E-state index contributed by atoms with van der Waals surface area (Å²) in [5, 5.41) is 15.2. The number of nitrogens with one attached hydrogen (secondary N) is 1. The molecule has 1 amide bonds. The molecule has 0 radical (unpaired) electrons. The number of carbonyl (C=O) groups is 2. The van der Waals surface area contributed by atoms with E-state index in [1.54, 1.807) is 0 Å². The first-order valence-electron chi connectivity index (χ1n) is 14.4. The Morgan fingerprint density at radius 1 is 1.03 bits per heavy atom. The monoisotopic (exact) mass is 535 g/mol. The molecule has 0 spiro atoms. The molecule has 4 aliphatic rings. The molecule has 5 atom stereocenters. The smallest absolute Gasteiger partial charge is 0.344 e. The molecule has 2 N–H and O–H groups in total. The minimum Gasteiger partial charge on any atom is -0.479 e. The van der Waals surface area contributed by atoms with E-state index < -0.39 is 24.0 Å². The summed E-state index contributed by atoms with van der Waals surface area (Å²) in [4.78, 5) is 50.2. The lowest BCUT2D eigenvalue weighted by Gasteiger charge is -2.48. The number of aromatic nitrogens is 2. The van der Waals surface area contributed by atoms with Crippen LogP contribution in [-0.4, -0.2) is 68.9 Å². The molecule has 10 nitrogen and oxygen atoms in total. The van der Waals surface area contributed by atoms with Crippen molar-refractivity contribution in [2.24, 2.45) is 17.0 Å². The molecule has 4 fully saturated rings. The highest BCUT2D eigenvalue weighted by atomic mass is 16.6. The number of amides is 1. The molecule has 2 aliphatic heterocycles. The van der Waals surface area contributed by atoms with Crippen molar-refractivity contribution in [2.75, 3.05) is 13.7 Å². The number of rotatable bonds is 7. The first kappa shape index (κ1) is 26.0. The summed E-state index contributed by atoms with van der Waals surface area (Å²) in [6.07, 6.45) is 12.2. The SMILES string of the molecule is CNC(=O)/C(=N\OCC(=O)O)c1nc2ccccc2n([C@@H]2C[C@@H]3CCC[C@H]2N3C2CC3CCCC(C3)C2)c1=O. The largest absolute Gasteiger partial charge is 0.479 e. The molecule has 208 valence electrons. The van der Waals surface area contributed by atoms with Crippen LogP contribution in [0.2, 0.25) is 0 Å². The number of para-hydroxylation sites is 2. The Morgan fingerprint density at radius 2 is 1.77 bits per heavy atom. The minimum atomic E-state index is -1.23. The third-order valence-electron chi connectivity index (χ3n) is 9.46. The van der Waals surface area contributed by atoms with Crippen molar-refractivity contribution >= 4 is 28.6 Å². The van der Waals surface area contributed by atoms with Crippen molar-refractivity contribution in [3.8, 4) is 0 Å². The van der Waals surface area contributed by atoms with Crippen LogP contribution in [0.15, 0.2) is 34.2 Å². The molecule has 6 rings (SSSR count). The van der Waals surface area contributed by atoms with Crippen LogP contribution < -0.4 is 10.9 Å². The second kappa shape index (κ2) is 10.7. The summed E-state index contributed by atoms with van der Waals surface area (Å²) in [6, 6.07) is 8.75. The molecule has 10 heteroatoms. The number of aliphatic carboxylic acids is 1. The zero-order chi connectivity index (χ0) is 27.1. The molecule has 2 saturated heterocycles. The van der Waals surface area contributed by atoms with E-state index in [-0.39, 0.29) is 23.5 Å². The van der Waals surface area contributed by atoms with Crippen LogP contribution in [0.5, 0.6) is 0 Å². The Balaban J connectivity index is 1.42. The van der Waals surface area contributed by atoms with Gasteiger partial charge in [0.25, 0.3) is 11.5 Å². The van der Waals surface area contributed by atoms with Gasteiger partial charge >= 0.3 is 5.97 Å². The van der Waals surface area contributed by atoms with Gasteiger partial charge in [-0.1, -0.05) is 43.0 Å². The molecule has 2 unspecified atom stereocenters. The van der Waals surface area contributed by atoms with Gasteiger partial charge in [0.2, 0.25) is 6.61 Å². The molecule has 1 aromatic carbocycles. The Morgan fingerprint density at radius 3 is 2.51 bits per heavy atom. The van der Waals surface area contributed by atoms with Gasteiger partial charge in [-0.3, -0.25) is 14.5 Å². The lowest BCUT2D eigenvalue weighted by molar-refractivity contribution is -0.142. The maximum atomic E-state index is 14.2. The van der Waals surface area contributed by atoms with E-state index in [4.69, 9.17) is 9.94 Å². The number of piperidine rings is 1. The molecular weight excluding hydrogens is 498 g/mol. The average Bonchev–Trinajstić information content (AvgIpc) is 3.14. The number of likely N-dealkylation sites (N-methyl/N-ethyl adjacent to an activating group) is 1. The van der Waals surface area contributed by atoms with E-state index in [0.717, 1.165) is 43.0 Å². The molecule has 4 bridgehead atoms. The van der Waals surface area contributed by atoms with E-state index >= 15 is 0 Å². The van der Waals surface area contributed by atoms with E-state index in [0.29, 0.717) is 17.6 Å². The predicted octanol–water partition coefficient (Wildman–Crippen LogP) is 3.08. The molecule has 3 heterocycles. The summed E-state index contributed by atoms with van der Waals surface area (Å²) in [5.41, 5.74) is 0.488. The third-order valence-corrected chi connectivity index (χ3v) is 9.46. The quantitative estimate of drug-likeness (QED) is 0.412. The lowest BCUT2D eigenvalue weighted by Crippen LogP contribution is -2.51. The van der Waals surface area contributed by atoms with E-state index in [1.165, 1.54) is 45.6 Å². The Kier molecular flexibility index (Phi) is 7.14. The zero-order valence-corrected chi connectivity index (χ0v) is 22.4. The minimum absolute atomic E-state index is 0.0377. The predicted molar refractivity (Wildman–Crippen MR) is 146 cm³/mol. The van der Waals surface area contributed by atoms with Gasteiger partial charge in [-0.15, -0.1) is 0 Å². The van der Waals surface area contributed by atoms with Gasteiger partial charge < -0.3 is 19.8 Å². The van der Waals surface area contributed by atoms with Crippen LogP contribution in [0.3, 0.4) is 0 Å². The van der Waals surface area contributed by atoms with Crippen LogP contribution in [0.1, 0.15) is 75.9 Å². The number of carbonyl (C=O) groups excluding carboxylic acids is 1. The van der Waals surface area contributed by atoms with Crippen molar-refractivity contribution in [1.82, 2.24) is 19.8 Å². The van der Waals surface area contributed by atoms with Crippen molar-refractivity contribution in [1.29, 1.82) is 0 Å². The Bertz CT molecular complexity index is 1340. The third kappa shape index (κ3) is 4.83. The highest BCUT2D eigenvalue weighted by Crippen LogP contribution is 2.49. The Labute approximate surface area is 227 Å². The van der Waals surface area contributed by atoms with Crippen molar-refractivity contribution in [3.05, 3.63) is 40.3 Å². The maximum Gasteiger partial charge on any atom is 0.344 e. The van der Waals surface area contributed by atoms with Crippen LogP contribution in [-0.2, 0) is 14.4 Å². The summed E-state index contributed by atoms with van der Waals surface area (Å²) in [5.74, 6) is -0.234. The molecule has 39 heavy (non-hydrogen) atoms. The van der Waals surface area contributed by atoms with E-state index in [1.807, 2.05) is 28.8 Å². The first-order chi connectivity index (χ1) is 18.9. The number of nitrogens with zero attached hydrogens (tertiary/aromatic N) is 4. The van der Waals surface area contributed by atoms with E-state index in [9.17, 15) is 14.4 Å². The highest BCUT2D eigenvalue weighted by molar-refractivity contribution is 6.44. The van der Waals surface area contributed by atoms with Crippen LogP contribution in [0.4, 0.5) is 0 Å². The standard InChI is InChI=1S/C29H37N5O5/c1-30-28(37)26(32-39-16-25(35)36)27-29(38)34(22-10-3-2-9-21(22)31-27)24-15-19-8-5-11-23(24)33(19)20-13-17-6-4-7-18(12-17)14-20/h2-3,9-10,17-20,23-24H,4-8,11-16H2,1H3,(H,30,37)(H,35,36)/b32-26-/t17?,18?,19-,20?,23+,24+/m0/s1. The van der Waals surface area contributed by atoms with Gasteiger partial charge in [0.05, 0.1) is 17.1 Å². The average molecular weight is 536 g/mol. The topological polar surface area (TPSA) is 126 Å². The van der Waals surface area contributed by atoms with Crippen molar-refractivity contribution in [3.63, 3.8) is 0 Å². The first-order valence-corrected chi connectivity index (χ1v) is 14.4. The van der Waals surface area contributed by atoms with Gasteiger partial charge in [0.15, 0.2) is 11.4 Å². The van der Waals surface area contributed by atoms with Gasteiger partial charge in [-0.05, 0) is 62.5 Å². The number of fused-ring (bicyclic) bond motifs is 5. The fourth-order valence-corrected chi connectivity index (χ4v) is 8.08. The van der Waals surface area contributed by atoms with Gasteiger partial charge in [0.1, 0.15) is 0 Å². The molecule has 2 saturated carbocycles. The van der Waals surface area contributed by atoms with Gasteiger partial charge in [-0.25, -0.2) is 9.78 Å². The normalized spacial score (nSPS) is 30.7. The number of carboxylic acid groups (broad SMARTS) is 1. The van der Waals surface area contributed by atoms with Crippen LogP contribution in [0, 0.1) is 11.8 Å². The fourth-order valence-electron chi connectivity index (χ4n) is 8.08. The van der Waals surface area contributed by atoms with Crippen LogP contribution in [0.25, 0.3) is 11.0 Å². The number of benzene rings is 1. The van der Waals surface area contributed by atoms with Gasteiger partial charge in [0, 0.05) is 25.2 Å². The number of hydrogen-bond acceptors (Lipinski definition) is 7. The second-order valence-corrected chi connectivity index (χ2v) is 11.7. The maximum absolute atomic E-state index is 14.2. The molecule has 1 aromatic heterocycles. The Hall–Kier alpha value is -3.27. The molecule has 2 aromatic rings. The number of oxime groups is 1. The zero-order valence-electron chi connectivity index (χ0n) is 22.4. The van der Waals surface area contributed by atoms with Crippen LogP contribution >= 0.6 is 0 Å². The summed E-state index contributed by atoms with van der Waals surface area (Å²) in [6.45, 7) is -0.729. The highest BCUT2D eigenvalue weighted by Gasteiger charge is 2.49. The second-order valence-electron chi connectivity index (χ2n) is 11.7. The number of hydrogen-bond donors (Lipinski definition) is 2. The summed E-state index contributed by atoms with van der Waals surface area (Å²) >= 11 is 0. The fraction of sp³-hybridized carbons (Fsp3) is 0.621. The van der Waals surface area contributed by atoms with Gasteiger partial charge in [-0.2, -0.15) is 0 Å². The molecule has 2 aliphatic carbocycles. The number of carboxylic acids is 1.